The van der Waals surface area contributed by atoms with Gasteiger partial charge in [-0.3, -0.25) is 9.36 Å². The van der Waals surface area contributed by atoms with Gasteiger partial charge in [0.05, 0.1) is 16.6 Å². The zero-order chi connectivity index (χ0) is 18.8. The van der Waals surface area contributed by atoms with Gasteiger partial charge in [-0.25, -0.2) is 4.98 Å². The van der Waals surface area contributed by atoms with Crippen molar-refractivity contribution in [3.63, 3.8) is 0 Å². The van der Waals surface area contributed by atoms with E-state index < -0.39 is 0 Å². The lowest BCUT2D eigenvalue weighted by Gasteiger charge is -2.12. The van der Waals surface area contributed by atoms with E-state index >= 15 is 0 Å². The van der Waals surface area contributed by atoms with Gasteiger partial charge in [-0.15, -0.1) is 0 Å². The van der Waals surface area contributed by atoms with Crippen LogP contribution in [-0.4, -0.2) is 9.55 Å². The van der Waals surface area contributed by atoms with Crippen molar-refractivity contribution in [2.45, 2.75) is 6.92 Å². The number of fused-ring (bicyclic) bond motifs is 1. The highest BCUT2D eigenvalue weighted by Crippen LogP contribution is 2.18. The Kier molecular flexibility index (Phi) is 4.90. The largest absolute Gasteiger partial charge is 0.268 e. The lowest BCUT2D eigenvalue weighted by molar-refractivity contribution is 0.943. The number of benzene rings is 3. The Bertz CT molecular complexity index is 1190. The smallest absolute Gasteiger partial charge is 0.266 e. The number of halogens is 1. The number of hydrogen-bond acceptors (Lipinski definition) is 2. The first-order valence-corrected chi connectivity index (χ1v) is 9.72. The maximum Gasteiger partial charge on any atom is 0.266 e. The average Bonchev–Trinajstić information content (AvgIpc) is 2.69. The van der Waals surface area contributed by atoms with Gasteiger partial charge in [-0.1, -0.05) is 54.1 Å². The highest BCUT2D eigenvalue weighted by Gasteiger charge is 2.11. The normalized spacial score (nSPS) is 11.3. The molecular formula is C23H17IN2O. The van der Waals surface area contributed by atoms with Crippen LogP contribution in [0.25, 0.3) is 28.7 Å². The molecule has 0 atom stereocenters. The first-order chi connectivity index (χ1) is 13.1. The van der Waals surface area contributed by atoms with Crippen molar-refractivity contribution in [3.8, 4) is 5.69 Å². The predicted octanol–water partition coefficient (Wildman–Crippen LogP) is 5.47. The molecule has 1 aromatic heterocycles. The highest BCUT2D eigenvalue weighted by atomic mass is 127. The van der Waals surface area contributed by atoms with E-state index in [9.17, 15) is 4.79 Å². The highest BCUT2D eigenvalue weighted by molar-refractivity contribution is 14.1. The Morgan fingerprint density at radius 1 is 0.926 bits per heavy atom. The summed E-state index contributed by atoms with van der Waals surface area (Å²) in [6.45, 7) is 2.03. The Morgan fingerprint density at radius 2 is 1.67 bits per heavy atom. The number of nitrogens with zero attached hydrogens (tertiary/aromatic N) is 2. The molecule has 0 amide bonds. The Morgan fingerprint density at radius 3 is 2.41 bits per heavy atom. The monoisotopic (exact) mass is 464 g/mol. The van der Waals surface area contributed by atoms with E-state index in [0.717, 1.165) is 20.4 Å². The molecule has 27 heavy (non-hydrogen) atoms. The third kappa shape index (κ3) is 3.71. The van der Waals surface area contributed by atoms with Crippen LogP contribution in [-0.2, 0) is 0 Å². The summed E-state index contributed by atoms with van der Waals surface area (Å²) in [5.41, 5.74) is 3.67. The molecule has 0 radical (unpaired) electrons. The first-order valence-electron chi connectivity index (χ1n) is 8.64. The molecule has 4 heteroatoms. The van der Waals surface area contributed by atoms with Crippen LogP contribution < -0.4 is 5.56 Å². The molecule has 0 aliphatic rings. The second-order valence-corrected chi connectivity index (χ2v) is 7.60. The first kappa shape index (κ1) is 17.7. The van der Waals surface area contributed by atoms with E-state index in [1.165, 1.54) is 0 Å². The Balaban J connectivity index is 1.96. The second kappa shape index (κ2) is 7.48. The predicted molar refractivity (Wildman–Crippen MR) is 120 cm³/mol. The van der Waals surface area contributed by atoms with Crippen LogP contribution in [0.15, 0.2) is 77.6 Å². The van der Waals surface area contributed by atoms with E-state index in [2.05, 4.69) is 22.6 Å². The molecule has 3 nitrogen and oxygen atoms in total. The summed E-state index contributed by atoms with van der Waals surface area (Å²) in [6, 6.07) is 23.7. The van der Waals surface area contributed by atoms with Crippen LogP contribution in [0.3, 0.4) is 0 Å². The minimum absolute atomic E-state index is 0.0601. The molecule has 0 spiro atoms. The zero-order valence-corrected chi connectivity index (χ0v) is 16.9. The van der Waals surface area contributed by atoms with Crippen LogP contribution in [0.5, 0.6) is 0 Å². The van der Waals surface area contributed by atoms with Crippen molar-refractivity contribution in [2.24, 2.45) is 0 Å². The van der Waals surface area contributed by atoms with Crippen molar-refractivity contribution in [1.82, 2.24) is 9.55 Å². The molecule has 1 heterocycles. The molecule has 0 unspecified atom stereocenters. The molecule has 132 valence electrons. The van der Waals surface area contributed by atoms with Gasteiger partial charge in [0.1, 0.15) is 5.82 Å². The van der Waals surface area contributed by atoms with Crippen LogP contribution in [0.1, 0.15) is 17.0 Å². The number of aromatic nitrogens is 2. The topological polar surface area (TPSA) is 34.9 Å². The van der Waals surface area contributed by atoms with Gasteiger partial charge in [-0.2, -0.15) is 0 Å². The van der Waals surface area contributed by atoms with Crippen LogP contribution in [0, 0.1) is 10.5 Å². The number of aryl methyl sites for hydroxylation is 1. The Hall–Kier alpha value is -2.73. The molecule has 0 aliphatic carbocycles. The second-order valence-electron chi connectivity index (χ2n) is 6.35. The van der Waals surface area contributed by atoms with E-state index in [-0.39, 0.29) is 5.56 Å². The summed E-state index contributed by atoms with van der Waals surface area (Å²) in [7, 11) is 0. The number of rotatable bonds is 3. The molecule has 0 saturated heterocycles. The minimum Gasteiger partial charge on any atom is -0.268 e. The van der Waals surface area contributed by atoms with Gasteiger partial charge < -0.3 is 0 Å². The van der Waals surface area contributed by atoms with Crippen LogP contribution in [0.2, 0.25) is 0 Å². The lowest BCUT2D eigenvalue weighted by atomic mass is 10.2. The summed E-state index contributed by atoms with van der Waals surface area (Å²) in [5, 5.41) is 0.624. The average molecular weight is 464 g/mol. The molecular weight excluding hydrogens is 447 g/mol. The van der Waals surface area contributed by atoms with Gasteiger partial charge in [0, 0.05) is 3.57 Å². The Labute approximate surface area is 171 Å². The minimum atomic E-state index is -0.0601. The third-order valence-electron chi connectivity index (χ3n) is 4.37. The molecule has 4 aromatic rings. The van der Waals surface area contributed by atoms with Crippen LogP contribution in [0.4, 0.5) is 0 Å². The zero-order valence-electron chi connectivity index (χ0n) is 14.8. The van der Waals surface area contributed by atoms with Crippen molar-refractivity contribution < 1.29 is 0 Å². The summed E-state index contributed by atoms with van der Waals surface area (Å²) < 4.78 is 2.69. The van der Waals surface area contributed by atoms with E-state index in [1.807, 2.05) is 91.9 Å². The van der Waals surface area contributed by atoms with Crippen molar-refractivity contribution in [2.75, 3.05) is 0 Å². The molecule has 3 aromatic carbocycles. The van der Waals surface area contributed by atoms with Gasteiger partial charge in [0.15, 0.2) is 0 Å². The van der Waals surface area contributed by atoms with Crippen molar-refractivity contribution >= 4 is 45.6 Å². The van der Waals surface area contributed by atoms with Crippen LogP contribution >= 0.6 is 22.6 Å². The lowest BCUT2D eigenvalue weighted by Crippen LogP contribution is -2.22. The summed E-state index contributed by atoms with van der Waals surface area (Å²) in [6.07, 6.45) is 3.87. The summed E-state index contributed by atoms with van der Waals surface area (Å²) >= 11 is 2.22. The maximum absolute atomic E-state index is 13.3. The quantitative estimate of drug-likeness (QED) is 0.377. The van der Waals surface area contributed by atoms with Gasteiger partial charge in [0.25, 0.3) is 5.56 Å². The molecule has 0 bridgehead atoms. The van der Waals surface area contributed by atoms with Gasteiger partial charge >= 0.3 is 0 Å². The molecule has 0 saturated carbocycles. The summed E-state index contributed by atoms with van der Waals surface area (Å²) in [4.78, 5) is 18.0. The maximum atomic E-state index is 13.3. The standard InChI is InChI=1S/C23H17IN2O/c1-16-7-11-19(12-8-16)26-22(14-9-17-5-3-2-4-6-17)25-21-13-10-18(24)15-20(21)23(26)27/h2-15H,1H3/b14-9+. The van der Waals surface area contributed by atoms with Crippen molar-refractivity contribution in [1.29, 1.82) is 0 Å². The number of hydrogen-bond donors (Lipinski definition) is 0. The fraction of sp³-hybridized carbons (Fsp3) is 0.0435. The molecule has 0 fully saturated rings. The molecule has 0 aliphatic heterocycles. The fourth-order valence-electron chi connectivity index (χ4n) is 2.97. The van der Waals surface area contributed by atoms with Gasteiger partial charge in [-0.05, 0) is 71.5 Å². The van der Waals surface area contributed by atoms with Crippen molar-refractivity contribution in [3.05, 3.63) is 104 Å². The fourth-order valence-corrected chi connectivity index (χ4v) is 3.46. The summed E-state index contributed by atoms with van der Waals surface area (Å²) in [5.74, 6) is 0.612. The third-order valence-corrected chi connectivity index (χ3v) is 5.04. The SMILES string of the molecule is Cc1ccc(-n2c(/C=C/c3ccccc3)nc3ccc(I)cc3c2=O)cc1. The van der Waals surface area contributed by atoms with Gasteiger partial charge in [0.2, 0.25) is 0 Å². The molecule has 4 rings (SSSR count). The van der Waals surface area contributed by atoms with E-state index in [0.29, 0.717) is 16.7 Å². The van der Waals surface area contributed by atoms with E-state index in [4.69, 9.17) is 4.98 Å². The van der Waals surface area contributed by atoms with E-state index in [1.54, 1.807) is 4.57 Å². The molecule has 0 N–H and O–H groups in total.